The van der Waals surface area contributed by atoms with Gasteiger partial charge in [0.1, 0.15) is 0 Å². The second-order valence-electron chi connectivity index (χ2n) is 2.14. The first-order valence-electron chi connectivity index (χ1n) is 3.25. The molecule has 1 rings (SSSR count). The molecule has 0 atom stereocenters. The fraction of sp³-hybridized carbons (Fsp3) is 0.111. The molecule has 0 aliphatic carbocycles. The first kappa shape index (κ1) is 6.87. The molecule has 52 valence electrons. The highest BCUT2D eigenvalue weighted by molar-refractivity contribution is 5.29. The summed E-state index contributed by atoms with van der Waals surface area (Å²) >= 11 is 0. The van der Waals surface area contributed by atoms with Gasteiger partial charge in [-0.3, -0.25) is 0 Å². The highest BCUT2D eigenvalue weighted by Crippen LogP contribution is 2.08. The third-order valence-electron chi connectivity index (χ3n) is 1.38. The van der Waals surface area contributed by atoms with Gasteiger partial charge in [0.25, 0.3) is 0 Å². The summed E-state index contributed by atoms with van der Waals surface area (Å²) in [5.41, 5.74) is 1.16. The van der Waals surface area contributed by atoms with Crippen molar-refractivity contribution in [3.05, 3.63) is 48.9 Å². The molecule has 1 aliphatic heterocycles. The van der Waals surface area contributed by atoms with Crippen LogP contribution in [0.3, 0.4) is 0 Å². The molecule has 0 aromatic heterocycles. The van der Waals surface area contributed by atoms with Crippen LogP contribution in [-0.2, 0) is 0 Å². The van der Waals surface area contributed by atoms with Gasteiger partial charge >= 0.3 is 0 Å². The first-order chi connectivity index (χ1) is 4.84. The summed E-state index contributed by atoms with van der Waals surface area (Å²) in [6.07, 6.45) is 11.8. The van der Waals surface area contributed by atoms with Crippen molar-refractivity contribution in [3.63, 3.8) is 0 Å². The molecule has 0 saturated heterocycles. The van der Waals surface area contributed by atoms with Crippen molar-refractivity contribution in [1.29, 1.82) is 0 Å². The summed E-state index contributed by atoms with van der Waals surface area (Å²) < 4.78 is 0. The van der Waals surface area contributed by atoms with Crippen LogP contribution in [-0.4, -0.2) is 11.9 Å². The van der Waals surface area contributed by atoms with E-state index in [9.17, 15) is 0 Å². The van der Waals surface area contributed by atoms with Crippen molar-refractivity contribution in [2.24, 2.45) is 0 Å². The Morgan fingerprint density at radius 1 is 1.50 bits per heavy atom. The lowest BCUT2D eigenvalue weighted by Gasteiger charge is -2.16. The molecule has 0 amide bonds. The second kappa shape index (κ2) is 3.06. The Kier molecular flexibility index (Phi) is 2.11. The lowest BCUT2D eigenvalue weighted by molar-refractivity contribution is 0.584. The van der Waals surface area contributed by atoms with Crippen LogP contribution >= 0.6 is 0 Å². The lowest BCUT2D eigenvalue weighted by atomic mass is 10.3. The molecule has 1 nitrogen and oxygen atoms in total. The molecule has 0 aromatic carbocycles. The minimum Gasteiger partial charge on any atom is -0.351 e. The minimum atomic E-state index is 1.16. The fourth-order valence-corrected chi connectivity index (χ4v) is 0.830. The molecule has 1 heterocycles. The van der Waals surface area contributed by atoms with Crippen molar-refractivity contribution in [3.8, 4) is 0 Å². The normalized spacial score (nSPS) is 20.1. The van der Waals surface area contributed by atoms with E-state index in [0.717, 1.165) is 5.70 Å². The van der Waals surface area contributed by atoms with Crippen LogP contribution in [0.2, 0.25) is 0 Å². The summed E-state index contributed by atoms with van der Waals surface area (Å²) in [7, 11) is 2.01. The molecule has 0 spiro atoms. The highest BCUT2D eigenvalue weighted by Gasteiger charge is 1.96. The van der Waals surface area contributed by atoms with Gasteiger partial charge in [0.15, 0.2) is 0 Å². The summed E-state index contributed by atoms with van der Waals surface area (Å²) in [5, 5.41) is 0. The SMILES string of the molecule is C=C/C=C1/C=CC=CN1C. The van der Waals surface area contributed by atoms with Crippen LogP contribution in [0.4, 0.5) is 0 Å². The van der Waals surface area contributed by atoms with Crippen molar-refractivity contribution in [2.45, 2.75) is 0 Å². The zero-order valence-electron chi connectivity index (χ0n) is 6.12. The predicted molar refractivity (Wildman–Crippen MR) is 44.3 cm³/mol. The van der Waals surface area contributed by atoms with Crippen molar-refractivity contribution < 1.29 is 0 Å². The molecule has 10 heavy (non-hydrogen) atoms. The predicted octanol–water partition coefficient (Wildman–Crippen LogP) is 2.07. The molecule has 1 aliphatic rings. The molecule has 0 unspecified atom stereocenters. The van der Waals surface area contributed by atoms with Gasteiger partial charge in [-0.2, -0.15) is 0 Å². The summed E-state index contributed by atoms with van der Waals surface area (Å²) in [4.78, 5) is 2.04. The summed E-state index contributed by atoms with van der Waals surface area (Å²) in [6, 6.07) is 0. The van der Waals surface area contributed by atoms with Crippen molar-refractivity contribution in [1.82, 2.24) is 4.90 Å². The Morgan fingerprint density at radius 3 is 2.90 bits per heavy atom. The smallest absolute Gasteiger partial charge is 0.0403 e. The van der Waals surface area contributed by atoms with Crippen molar-refractivity contribution in [2.75, 3.05) is 7.05 Å². The summed E-state index contributed by atoms with van der Waals surface area (Å²) in [5.74, 6) is 0. The van der Waals surface area contributed by atoms with Crippen LogP contribution in [0.5, 0.6) is 0 Å². The van der Waals surface area contributed by atoms with E-state index in [1.807, 2.05) is 42.5 Å². The van der Waals surface area contributed by atoms with Gasteiger partial charge < -0.3 is 4.90 Å². The van der Waals surface area contributed by atoms with Crippen molar-refractivity contribution >= 4 is 0 Å². The van der Waals surface area contributed by atoms with Crippen LogP contribution < -0.4 is 0 Å². The topological polar surface area (TPSA) is 3.24 Å². The average Bonchev–Trinajstić information content (AvgIpc) is 1.94. The molecular formula is C9H11N. The van der Waals surface area contributed by atoms with Gasteiger partial charge in [-0.25, -0.2) is 0 Å². The maximum Gasteiger partial charge on any atom is 0.0403 e. The van der Waals surface area contributed by atoms with Gasteiger partial charge in [-0.1, -0.05) is 18.7 Å². The Labute approximate surface area is 61.7 Å². The minimum absolute atomic E-state index is 1.16. The third-order valence-corrected chi connectivity index (χ3v) is 1.38. The first-order valence-corrected chi connectivity index (χ1v) is 3.25. The number of nitrogens with zero attached hydrogens (tertiary/aromatic N) is 1. The lowest BCUT2D eigenvalue weighted by Crippen LogP contribution is -2.09. The zero-order valence-corrected chi connectivity index (χ0v) is 6.12. The number of rotatable bonds is 1. The Balaban J connectivity index is 2.79. The highest BCUT2D eigenvalue weighted by atomic mass is 15.1. The Hall–Kier alpha value is -1.24. The molecule has 0 fully saturated rings. The number of hydrogen-bond acceptors (Lipinski definition) is 1. The van der Waals surface area contributed by atoms with E-state index in [1.54, 1.807) is 6.08 Å². The number of hydrogen-bond donors (Lipinski definition) is 0. The van der Waals surface area contributed by atoms with Crippen LogP contribution in [0.1, 0.15) is 0 Å². The second-order valence-corrected chi connectivity index (χ2v) is 2.14. The van der Waals surface area contributed by atoms with Gasteiger partial charge in [0, 0.05) is 18.9 Å². The van der Waals surface area contributed by atoms with E-state index in [4.69, 9.17) is 0 Å². The van der Waals surface area contributed by atoms with Crippen LogP contribution in [0, 0.1) is 0 Å². The molecule has 0 saturated carbocycles. The van der Waals surface area contributed by atoms with Gasteiger partial charge in [-0.15, -0.1) is 0 Å². The van der Waals surface area contributed by atoms with E-state index >= 15 is 0 Å². The molecule has 0 aromatic rings. The van der Waals surface area contributed by atoms with E-state index in [2.05, 4.69) is 6.58 Å². The monoisotopic (exact) mass is 133 g/mol. The quantitative estimate of drug-likeness (QED) is 0.529. The van der Waals surface area contributed by atoms with Crippen LogP contribution in [0.25, 0.3) is 0 Å². The van der Waals surface area contributed by atoms with Gasteiger partial charge in [0.2, 0.25) is 0 Å². The molecule has 0 N–H and O–H groups in total. The molecular weight excluding hydrogens is 122 g/mol. The molecule has 1 heteroatoms. The maximum absolute atomic E-state index is 3.63. The van der Waals surface area contributed by atoms with Gasteiger partial charge in [-0.05, 0) is 18.2 Å². The van der Waals surface area contributed by atoms with E-state index in [0.29, 0.717) is 0 Å². The van der Waals surface area contributed by atoms with E-state index in [1.165, 1.54) is 0 Å². The standard InChI is InChI=1S/C9H11N/c1-3-6-9-7-4-5-8-10(9)2/h3-8H,1H2,2H3/b9-6-. The number of allylic oxidation sites excluding steroid dienone is 5. The number of likely N-dealkylation sites (N-methyl/N-ethyl adjacent to an activating group) is 1. The molecule has 0 bridgehead atoms. The fourth-order valence-electron chi connectivity index (χ4n) is 0.830. The van der Waals surface area contributed by atoms with Crippen LogP contribution in [0.15, 0.2) is 48.9 Å². The van der Waals surface area contributed by atoms with E-state index in [-0.39, 0.29) is 0 Å². The Morgan fingerprint density at radius 2 is 2.30 bits per heavy atom. The Bertz CT molecular complexity index is 209. The van der Waals surface area contributed by atoms with Gasteiger partial charge in [0.05, 0.1) is 0 Å². The largest absolute Gasteiger partial charge is 0.351 e. The average molecular weight is 133 g/mol. The molecule has 0 radical (unpaired) electrons. The van der Waals surface area contributed by atoms with E-state index < -0.39 is 0 Å². The third kappa shape index (κ3) is 1.38. The zero-order chi connectivity index (χ0) is 7.40. The summed E-state index contributed by atoms with van der Waals surface area (Å²) in [6.45, 7) is 3.63. The maximum atomic E-state index is 3.63.